The molecule has 0 aliphatic heterocycles. The predicted octanol–water partition coefficient (Wildman–Crippen LogP) is 4.00. The van der Waals surface area contributed by atoms with Crippen molar-refractivity contribution in [1.82, 2.24) is 9.97 Å². The lowest BCUT2D eigenvalue weighted by Crippen LogP contribution is -2.04. The van der Waals surface area contributed by atoms with E-state index in [1.54, 1.807) is 17.5 Å². The highest BCUT2D eigenvalue weighted by molar-refractivity contribution is 7.22. The lowest BCUT2D eigenvalue weighted by Gasteiger charge is -2.01. The van der Waals surface area contributed by atoms with Crippen molar-refractivity contribution in [3.8, 4) is 0 Å². The first-order chi connectivity index (χ1) is 9.31. The Morgan fingerprint density at radius 3 is 3.05 bits per heavy atom. The monoisotopic (exact) mass is 289 g/mol. The fourth-order valence-corrected chi connectivity index (χ4v) is 2.87. The SMILES string of the molecule is Clc1ccc2sc(NCCc3cccnc3)nc2c1. The van der Waals surface area contributed by atoms with Crippen molar-refractivity contribution >= 4 is 38.3 Å². The highest BCUT2D eigenvalue weighted by Gasteiger charge is 2.03. The Morgan fingerprint density at radius 2 is 2.21 bits per heavy atom. The largest absolute Gasteiger partial charge is 0.361 e. The van der Waals surface area contributed by atoms with Crippen LogP contribution < -0.4 is 5.32 Å². The highest BCUT2D eigenvalue weighted by Crippen LogP contribution is 2.27. The molecule has 0 bridgehead atoms. The quantitative estimate of drug-likeness (QED) is 0.789. The summed E-state index contributed by atoms with van der Waals surface area (Å²) in [4.78, 5) is 8.61. The molecule has 3 aromatic rings. The molecule has 0 saturated carbocycles. The van der Waals surface area contributed by atoms with E-state index in [2.05, 4.69) is 21.4 Å². The fourth-order valence-electron chi connectivity index (χ4n) is 1.84. The molecule has 3 nitrogen and oxygen atoms in total. The number of aromatic nitrogens is 2. The number of thiazole rings is 1. The van der Waals surface area contributed by atoms with Gasteiger partial charge in [0.15, 0.2) is 5.13 Å². The van der Waals surface area contributed by atoms with Crippen molar-refractivity contribution in [2.45, 2.75) is 6.42 Å². The smallest absolute Gasteiger partial charge is 0.183 e. The van der Waals surface area contributed by atoms with E-state index in [-0.39, 0.29) is 0 Å². The summed E-state index contributed by atoms with van der Waals surface area (Å²) >= 11 is 7.59. The van der Waals surface area contributed by atoms with E-state index in [0.717, 1.165) is 33.3 Å². The second-order valence-electron chi connectivity index (χ2n) is 4.17. The van der Waals surface area contributed by atoms with Crippen molar-refractivity contribution < 1.29 is 0 Å². The first kappa shape index (κ1) is 12.4. The van der Waals surface area contributed by atoms with Crippen molar-refractivity contribution in [2.75, 3.05) is 11.9 Å². The zero-order chi connectivity index (χ0) is 13.1. The Kier molecular flexibility index (Phi) is 3.62. The van der Waals surface area contributed by atoms with Gasteiger partial charge in [-0.05, 0) is 36.2 Å². The summed E-state index contributed by atoms with van der Waals surface area (Å²) in [6.07, 6.45) is 4.61. The van der Waals surface area contributed by atoms with E-state index < -0.39 is 0 Å². The van der Waals surface area contributed by atoms with Gasteiger partial charge in [-0.25, -0.2) is 4.98 Å². The molecule has 3 rings (SSSR count). The number of rotatable bonds is 4. The minimum atomic E-state index is 0.722. The van der Waals surface area contributed by atoms with Crippen LogP contribution in [0, 0.1) is 0 Å². The molecule has 0 saturated heterocycles. The number of hydrogen-bond donors (Lipinski definition) is 1. The first-order valence-electron chi connectivity index (χ1n) is 6.00. The number of anilines is 1. The van der Waals surface area contributed by atoms with E-state index in [4.69, 9.17) is 11.6 Å². The Labute approximate surface area is 120 Å². The highest BCUT2D eigenvalue weighted by atomic mass is 35.5. The molecule has 19 heavy (non-hydrogen) atoms. The maximum Gasteiger partial charge on any atom is 0.183 e. The van der Waals surface area contributed by atoms with Crippen molar-refractivity contribution in [3.63, 3.8) is 0 Å². The summed E-state index contributed by atoms with van der Waals surface area (Å²) in [7, 11) is 0. The number of halogens is 1. The average Bonchev–Trinajstić information content (AvgIpc) is 2.82. The van der Waals surface area contributed by atoms with Gasteiger partial charge in [0.05, 0.1) is 10.2 Å². The van der Waals surface area contributed by atoms with Crippen molar-refractivity contribution in [3.05, 3.63) is 53.3 Å². The minimum absolute atomic E-state index is 0.722. The first-order valence-corrected chi connectivity index (χ1v) is 7.19. The third kappa shape index (κ3) is 3.03. The van der Waals surface area contributed by atoms with Gasteiger partial charge in [0.25, 0.3) is 0 Å². The number of benzene rings is 1. The number of fused-ring (bicyclic) bond motifs is 1. The number of nitrogens with one attached hydrogen (secondary N) is 1. The van der Waals surface area contributed by atoms with Gasteiger partial charge < -0.3 is 5.32 Å². The van der Waals surface area contributed by atoms with Crippen LogP contribution in [-0.4, -0.2) is 16.5 Å². The molecule has 0 aliphatic rings. The lowest BCUT2D eigenvalue weighted by atomic mass is 10.2. The Bertz CT molecular complexity index is 681. The van der Waals surface area contributed by atoms with Gasteiger partial charge in [-0.1, -0.05) is 29.0 Å². The van der Waals surface area contributed by atoms with Crippen LogP contribution in [0.4, 0.5) is 5.13 Å². The molecule has 5 heteroatoms. The van der Waals surface area contributed by atoms with Gasteiger partial charge in [-0.2, -0.15) is 0 Å². The fraction of sp³-hybridized carbons (Fsp3) is 0.143. The van der Waals surface area contributed by atoms with Gasteiger partial charge in [0.1, 0.15) is 0 Å². The van der Waals surface area contributed by atoms with Gasteiger partial charge >= 0.3 is 0 Å². The zero-order valence-electron chi connectivity index (χ0n) is 10.1. The minimum Gasteiger partial charge on any atom is -0.361 e. The zero-order valence-corrected chi connectivity index (χ0v) is 11.7. The molecule has 2 heterocycles. The molecule has 0 amide bonds. The van der Waals surface area contributed by atoms with E-state index in [1.807, 2.05) is 30.5 Å². The molecule has 0 unspecified atom stereocenters. The Hall–Kier alpha value is -1.65. The van der Waals surface area contributed by atoms with E-state index in [0.29, 0.717) is 0 Å². The average molecular weight is 290 g/mol. The standard InChI is InChI=1S/C14H12ClN3S/c15-11-3-4-13-12(8-11)18-14(19-13)17-7-5-10-2-1-6-16-9-10/h1-4,6,8-9H,5,7H2,(H,17,18). The summed E-state index contributed by atoms with van der Waals surface area (Å²) in [6, 6.07) is 9.81. The second kappa shape index (κ2) is 5.55. The number of pyridine rings is 1. The topological polar surface area (TPSA) is 37.8 Å². The molecule has 0 spiro atoms. The van der Waals surface area contributed by atoms with E-state index in [1.165, 1.54) is 5.56 Å². The lowest BCUT2D eigenvalue weighted by molar-refractivity contribution is 1.00. The maximum atomic E-state index is 5.95. The van der Waals surface area contributed by atoms with Gasteiger partial charge in [-0.3, -0.25) is 4.98 Å². The van der Waals surface area contributed by atoms with Crippen LogP contribution in [0.15, 0.2) is 42.7 Å². The Morgan fingerprint density at radius 1 is 1.26 bits per heavy atom. The number of nitrogens with zero attached hydrogens (tertiary/aromatic N) is 2. The molecule has 1 N–H and O–H groups in total. The van der Waals surface area contributed by atoms with Crippen LogP contribution in [0.5, 0.6) is 0 Å². The summed E-state index contributed by atoms with van der Waals surface area (Å²) in [6.45, 7) is 0.846. The molecular weight excluding hydrogens is 278 g/mol. The maximum absolute atomic E-state index is 5.95. The molecule has 0 radical (unpaired) electrons. The molecule has 96 valence electrons. The van der Waals surface area contributed by atoms with E-state index >= 15 is 0 Å². The third-order valence-corrected chi connectivity index (χ3v) is 3.99. The van der Waals surface area contributed by atoms with E-state index in [9.17, 15) is 0 Å². The molecule has 0 aliphatic carbocycles. The molecule has 2 aromatic heterocycles. The van der Waals surface area contributed by atoms with Crippen molar-refractivity contribution in [1.29, 1.82) is 0 Å². The van der Waals surface area contributed by atoms with Crippen LogP contribution in [0.3, 0.4) is 0 Å². The molecule has 0 atom stereocenters. The van der Waals surface area contributed by atoms with Crippen LogP contribution in [-0.2, 0) is 6.42 Å². The second-order valence-corrected chi connectivity index (χ2v) is 5.64. The number of hydrogen-bond acceptors (Lipinski definition) is 4. The predicted molar refractivity (Wildman–Crippen MR) is 81.1 cm³/mol. The normalized spacial score (nSPS) is 10.8. The summed E-state index contributed by atoms with van der Waals surface area (Å²) in [5, 5.41) is 4.99. The van der Waals surface area contributed by atoms with Crippen LogP contribution in [0.25, 0.3) is 10.2 Å². The van der Waals surface area contributed by atoms with Crippen molar-refractivity contribution in [2.24, 2.45) is 0 Å². The van der Waals surface area contributed by atoms with Crippen LogP contribution in [0.1, 0.15) is 5.56 Å². The molecule has 1 aromatic carbocycles. The van der Waals surface area contributed by atoms with Gasteiger partial charge in [-0.15, -0.1) is 0 Å². The van der Waals surface area contributed by atoms with Gasteiger partial charge in [0, 0.05) is 24.0 Å². The Balaban J connectivity index is 1.65. The van der Waals surface area contributed by atoms with Crippen LogP contribution >= 0.6 is 22.9 Å². The summed E-state index contributed by atoms with van der Waals surface area (Å²) in [5.74, 6) is 0. The summed E-state index contributed by atoms with van der Waals surface area (Å²) < 4.78 is 1.15. The molecule has 0 fully saturated rings. The van der Waals surface area contributed by atoms with Crippen LogP contribution in [0.2, 0.25) is 5.02 Å². The van der Waals surface area contributed by atoms with Gasteiger partial charge in [0.2, 0.25) is 0 Å². The molecular formula is C14H12ClN3S. The third-order valence-electron chi connectivity index (χ3n) is 2.76. The summed E-state index contributed by atoms with van der Waals surface area (Å²) in [5.41, 5.74) is 2.17.